The van der Waals surface area contributed by atoms with E-state index in [2.05, 4.69) is 10.1 Å². The van der Waals surface area contributed by atoms with Crippen molar-refractivity contribution < 1.29 is 14.6 Å². The number of likely N-dealkylation sites (N-methyl/N-ethyl adjacent to an activating group) is 1. The minimum absolute atomic E-state index is 0.233. The fraction of sp³-hybridized carbons (Fsp3) is 0.800. The molecule has 0 bridgehead atoms. The summed E-state index contributed by atoms with van der Waals surface area (Å²) in [6, 6.07) is -0.588. The molecule has 0 saturated carbocycles. The number of esters is 1. The van der Waals surface area contributed by atoms with Crippen molar-refractivity contribution in [2.45, 2.75) is 6.04 Å². The highest BCUT2D eigenvalue weighted by Gasteiger charge is 2.13. The molecule has 0 rings (SSSR count). The Labute approximate surface area is 53.8 Å². The van der Waals surface area contributed by atoms with Gasteiger partial charge in [-0.25, -0.2) is 0 Å². The van der Waals surface area contributed by atoms with Gasteiger partial charge in [-0.05, 0) is 7.05 Å². The van der Waals surface area contributed by atoms with Gasteiger partial charge in [-0.2, -0.15) is 0 Å². The zero-order valence-electron chi connectivity index (χ0n) is 5.55. The van der Waals surface area contributed by atoms with Crippen LogP contribution in [-0.4, -0.2) is 37.9 Å². The first-order valence-electron chi connectivity index (χ1n) is 2.62. The van der Waals surface area contributed by atoms with Crippen LogP contribution in [0.4, 0.5) is 0 Å². The number of carbonyl (C=O) groups excluding carboxylic acids is 1. The molecule has 0 fully saturated rings. The van der Waals surface area contributed by atoms with E-state index in [9.17, 15) is 4.79 Å². The van der Waals surface area contributed by atoms with Crippen LogP contribution in [0.5, 0.6) is 0 Å². The van der Waals surface area contributed by atoms with Gasteiger partial charge in [0, 0.05) is 0 Å². The summed E-state index contributed by atoms with van der Waals surface area (Å²) in [4.78, 5) is 10.5. The molecule has 4 nitrogen and oxygen atoms in total. The van der Waals surface area contributed by atoms with Crippen molar-refractivity contribution in [2.24, 2.45) is 0 Å². The zero-order valence-corrected chi connectivity index (χ0v) is 5.55. The summed E-state index contributed by atoms with van der Waals surface area (Å²) in [5.74, 6) is -0.444. The smallest absolute Gasteiger partial charge is 0.325 e. The van der Waals surface area contributed by atoms with E-state index in [-0.39, 0.29) is 6.61 Å². The van der Waals surface area contributed by atoms with E-state index < -0.39 is 12.0 Å². The number of hydrogen-bond donors (Lipinski definition) is 2. The summed E-state index contributed by atoms with van der Waals surface area (Å²) >= 11 is 0. The maximum Gasteiger partial charge on any atom is 0.325 e. The molecule has 0 aliphatic heterocycles. The van der Waals surface area contributed by atoms with Crippen LogP contribution in [0.25, 0.3) is 0 Å². The molecule has 9 heavy (non-hydrogen) atoms. The third kappa shape index (κ3) is 2.43. The van der Waals surface area contributed by atoms with Gasteiger partial charge in [0.1, 0.15) is 6.04 Å². The van der Waals surface area contributed by atoms with Crippen molar-refractivity contribution in [1.29, 1.82) is 0 Å². The first kappa shape index (κ1) is 8.39. The lowest BCUT2D eigenvalue weighted by molar-refractivity contribution is -0.143. The standard InChI is InChI=1S/C5H11NO3/c1-6-4(3-7)5(8)9-2/h4,6-7H,3H2,1-2H3. The van der Waals surface area contributed by atoms with Crippen molar-refractivity contribution in [3.8, 4) is 0 Å². The van der Waals surface area contributed by atoms with Crippen LogP contribution < -0.4 is 5.32 Å². The van der Waals surface area contributed by atoms with Crippen molar-refractivity contribution in [2.75, 3.05) is 20.8 Å². The summed E-state index contributed by atoms with van der Waals surface area (Å²) in [6.45, 7) is -0.233. The molecule has 0 heterocycles. The lowest BCUT2D eigenvalue weighted by Crippen LogP contribution is -2.37. The van der Waals surface area contributed by atoms with Crippen LogP contribution in [0.15, 0.2) is 0 Å². The van der Waals surface area contributed by atoms with Gasteiger partial charge in [0.25, 0.3) is 0 Å². The molecule has 0 aromatic rings. The molecular formula is C5H11NO3. The van der Waals surface area contributed by atoms with Gasteiger partial charge in [0.15, 0.2) is 0 Å². The van der Waals surface area contributed by atoms with Gasteiger partial charge >= 0.3 is 5.97 Å². The summed E-state index contributed by atoms with van der Waals surface area (Å²) in [5, 5.41) is 11.0. The molecule has 4 heteroatoms. The normalized spacial score (nSPS) is 12.8. The van der Waals surface area contributed by atoms with Crippen LogP contribution in [0.1, 0.15) is 0 Å². The Kier molecular flexibility index (Phi) is 4.00. The third-order valence-electron chi connectivity index (χ3n) is 1.02. The van der Waals surface area contributed by atoms with Crippen LogP contribution in [0, 0.1) is 0 Å². The van der Waals surface area contributed by atoms with E-state index >= 15 is 0 Å². The monoisotopic (exact) mass is 133 g/mol. The number of methoxy groups -OCH3 is 1. The Bertz CT molecular complexity index is 90.2. The highest BCUT2D eigenvalue weighted by atomic mass is 16.5. The second kappa shape index (κ2) is 4.29. The number of rotatable bonds is 3. The van der Waals surface area contributed by atoms with Gasteiger partial charge in [0.05, 0.1) is 13.7 Å². The Hall–Kier alpha value is -0.610. The van der Waals surface area contributed by atoms with E-state index in [1.807, 2.05) is 0 Å². The Morgan fingerprint density at radius 2 is 2.44 bits per heavy atom. The molecule has 0 aliphatic carbocycles. The van der Waals surface area contributed by atoms with Crippen molar-refractivity contribution in [3.05, 3.63) is 0 Å². The first-order valence-corrected chi connectivity index (χ1v) is 2.62. The average Bonchev–Trinajstić information content (AvgIpc) is 1.90. The molecule has 0 aromatic carbocycles. The SMILES string of the molecule is CNC(CO)C(=O)OC. The van der Waals surface area contributed by atoms with E-state index in [4.69, 9.17) is 5.11 Å². The molecular weight excluding hydrogens is 122 g/mol. The van der Waals surface area contributed by atoms with E-state index in [1.54, 1.807) is 7.05 Å². The second-order valence-corrected chi connectivity index (χ2v) is 1.55. The van der Waals surface area contributed by atoms with Crippen LogP contribution in [0.2, 0.25) is 0 Å². The third-order valence-corrected chi connectivity index (χ3v) is 1.02. The summed E-state index contributed by atoms with van der Waals surface area (Å²) < 4.78 is 4.33. The molecule has 0 spiro atoms. The first-order chi connectivity index (χ1) is 4.26. The quantitative estimate of drug-likeness (QED) is 0.472. The lowest BCUT2D eigenvalue weighted by Gasteiger charge is -2.08. The maximum atomic E-state index is 10.5. The minimum atomic E-state index is -0.588. The molecule has 0 aromatic heterocycles. The average molecular weight is 133 g/mol. The molecule has 0 amide bonds. The Balaban J connectivity index is 3.64. The summed E-state index contributed by atoms with van der Waals surface area (Å²) in [6.07, 6.45) is 0. The van der Waals surface area contributed by atoms with Gasteiger partial charge in [-0.1, -0.05) is 0 Å². The van der Waals surface area contributed by atoms with E-state index in [0.29, 0.717) is 0 Å². The van der Waals surface area contributed by atoms with Crippen LogP contribution in [0.3, 0.4) is 0 Å². The number of aliphatic hydroxyl groups excluding tert-OH is 1. The van der Waals surface area contributed by atoms with Crippen molar-refractivity contribution in [1.82, 2.24) is 5.32 Å². The Morgan fingerprint density at radius 1 is 1.89 bits per heavy atom. The van der Waals surface area contributed by atoms with Crippen LogP contribution >= 0.6 is 0 Å². The van der Waals surface area contributed by atoms with Gasteiger partial charge in [0.2, 0.25) is 0 Å². The number of hydrogen-bond acceptors (Lipinski definition) is 4. The van der Waals surface area contributed by atoms with Crippen LogP contribution in [-0.2, 0) is 9.53 Å². The summed E-state index contributed by atoms with van der Waals surface area (Å²) in [5.41, 5.74) is 0. The zero-order chi connectivity index (χ0) is 7.28. The van der Waals surface area contributed by atoms with Gasteiger partial charge < -0.3 is 15.2 Å². The highest BCUT2D eigenvalue weighted by Crippen LogP contribution is 1.82. The fourth-order valence-electron chi connectivity index (χ4n) is 0.426. The lowest BCUT2D eigenvalue weighted by atomic mass is 10.3. The van der Waals surface area contributed by atoms with Gasteiger partial charge in [-0.3, -0.25) is 4.79 Å². The van der Waals surface area contributed by atoms with Crippen molar-refractivity contribution in [3.63, 3.8) is 0 Å². The largest absolute Gasteiger partial charge is 0.468 e. The topological polar surface area (TPSA) is 58.6 Å². The molecule has 0 aliphatic rings. The molecule has 1 unspecified atom stereocenters. The number of aliphatic hydroxyl groups is 1. The fourth-order valence-corrected chi connectivity index (χ4v) is 0.426. The highest BCUT2D eigenvalue weighted by molar-refractivity contribution is 5.75. The van der Waals surface area contributed by atoms with Gasteiger partial charge in [-0.15, -0.1) is 0 Å². The number of ether oxygens (including phenoxy) is 1. The number of nitrogens with one attached hydrogen (secondary N) is 1. The second-order valence-electron chi connectivity index (χ2n) is 1.55. The minimum Gasteiger partial charge on any atom is -0.468 e. The Morgan fingerprint density at radius 3 is 2.56 bits per heavy atom. The molecule has 0 saturated heterocycles. The van der Waals surface area contributed by atoms with E-state index in [0.717, 1.165) is 0 Å². The summed E-state index contributed by atoms with van der Waals surface area (Å²) in [7, 11) is 2.86. The molecule has 0 radical (unpaired) electrons. The molecule has 1 atom stereocenters. The number of carbonyl (C=O) groups is 1. The predicted molar refractivity (Wildman–Crippen MR) is 31.9 cm³/mol. The molecule has 54 valence electrons. The van der Waals surface area contributed by atoms with Crippen molar-refractivity contribution >= 4 is 5.97 Å². The van der Waals surface area contributed by atoms with E-state index in [1.165, 1.54) is 7.11 Å². The molecule has 2 N–H and O–H groups in total. The predicted octanol–water partition coefficient (Wildman–Crippen LogP) is -1.26. The maximum absolute atomic E-state index is 10.5.